The Kier molecular flexibility index (Phi) is 8.39. The Hall–Kier alpha value is -2.58. The van der Waals surface area contributed by atoms with E-state index in [0.717, 1.165) is 23.2 Å². The van der Waals surface area contributed by atoms with Crippen molar-refractivity contribution in [1.82, 2.24) is 9.80 Å². The van der Waals surface area contributed by atoms with Gasteiger partial charge in [-0.15, -0.1) is 24.9 Å². The number of carbonyl (C=O) groups is 3. The van der Waals surface area contributed by atoms with Crippen LogP contribution in [0.15, 0.2) is 43.5 Å². The number of likely N-dealkylation sites (N-methyl/N-ethyl adjacent to an activating group) is 1. The molecular weight excluding hydrogens is 510 g/mol. The number of likely N-dealkylation sites (tertiary alicyclic amines) is 1. The van der Waals surface area contributed by atoms with Gasteiger partial charge in [-0.05, 0) is 43.2 Å². The second-order valence-corrected chi connectivity index (χ2v) is 13.3. The molecule has 4 rings (SSSR count). The standard InChI is InChI=1S/C31H43N3O4S/c1-9-14-32(8)28(36)24-23-16-21(7)31(39-23)25(24)29(37)34(22(17-35)18(3)4)27(31)30(38)33(15-10-2)26-19(5)12-11-13-20(26)6/h9-13,18,21-25,27,35H,1-2,14-17H2,3-8H3/t21?,22-,23-,24+,25-,27?,31?/m0/s1. The van der Waals surface area contributed by atoms with E-state index in [0.29, 0.717) is 13.1 Å². The smallest absolute Gasteiger partial charge is 0.251 e. The van der Waals surface area contributed by atoms with Crippen LogP contribution in [0.5, 0.6) is 0 Å². The maximum Gasteiger partial charge on any atom is 0.251 e. The third-order valence-corrected chi connectivity index (χ3v) is 11.2. The van der Waals surface area contributed by atoms with Gasteiger partial charge in [0.05, 0.1) is 29.2 Å². The van der Waals surface area contributed by atoms with E-state index in [4.69, 9.17) is 0 Å². The molecular formula is C31H43N3O4S. The van der Waals surface area contributed by atoms with Gasteiger partial charge in [0.1, 0.15) is 6.04 Å². The van der Waals surface area contributed by atoms with E-state index in [1.807, 2.05) is 45.9 Å². The molecule has 1 aromatic rings. The lowest BCUT2D eigenvalue weighted by molar-refractivity contribution is -0.145. The Morgan fingerprint density at radius 1 is 1.18 bits per heavy atom. The first kappa shape index (κ1) is 29.4. The third-order valence-electron chi connectivity index (χ3n) is 9.08. The summed E-state index contributed by atoms with van der Waals surface area (Å²) in [5.41, 5.74) is 2.75. The van der Waals surface area contributed by atoms with Crippen LogP contribution in [0.1, 0.15) is 38.3 Å². The number of carbonyl (C=O) groups excluding carboxylic acids is 3. The monoisotopic (exact) mass is 553 g/mol. The van der Waals surface area contributed by atoms with Gasteiger partial charge < -0.3 is 19.8 Å². The first-order valence-corrected chi connectivity index (χ1v) is 14.8. The molecule has 3 saturated heterocycles. The van der Waals surface area contributed by atoms with E-state index in [1.165, 1.54) is 0 Å². The largest absolute Gasteiger partial charge is 0.394 e. The molecule has 3 fully saturated rings. The zero-order chi connectivity index (χ0) is 28.8. The molecule has 1 aromatic carbocycles. The summed E-state index contributed by atoms with van der Waals surface area (Å²) in [5.74, 6) is -1.60. The van der Waals surface area contributed by atoms with E-state index in [1.54, 1.807) is 45.7 Å². The molecule has 7 nitrogen and oxygen atoms in total. The summed E-state index contributed by atoms with van der Waals surface area (Å²) in [5, 5.41) is 10.5. The van der Waals surface area contributed by atoms with E-state index in [-0.39, 0.29) is 41.4 Å². The summed E-state index contributed by atoms with van der Waals surface area (Å²) < 4.78 is -0.757. The molecule has 8 heteroatoms. The van der Waals surface area contributed by atoms with Gasteiger partial charge in [-0.2, -0.15) is 0 Å². The third kappa shape index (κ3) is 4.44. The molecule has 2 bridgehead atoms. The summed E-state index contributed by atoms with van der Waals surface area (Å²) in [6.07, 6.45) is 4.16. The predicted octanol–water partition coefficient (Wildman–Crippen LogP) is 3.82. The number of benzene rings is 1. The minimum atomic E-state index is -0.805. The highest BCUT2D eigenvalue weighted by Crippen LogP contribution is 2.69. The average Bonchev–Trinajstić information content (AvgIpc) is 3.47. The van der Waals surface area contributed by atoms with Crippen LogP contribution in [0.4, 0.5) is 5.69 Å². The number of amides is 3. The summed E-state index contributed by atoms with van der Waals surface area (Å²) in [6, 6.07) is 4.59. The molecule has 0 saturated carbocycles. The Bertz CT molecular complexity index is 1150. The number of para-hydroxylation sites is 1. The molecule has 3 heterocycles. The lowest BCUT2D eigenvalue weighted by atomic mass is 9.65. The Morgan fingerprint density at radius 3 is 2.33 bits per heavy atom. The van der Waals surface area contributed by atoms with Gasteiger partial charge in [0.25, 0.3) is 5.91 Å². The van der Waals surface area contributed by atoms with E-state index in [9.17, 15) is 19.5 Å². The molecule has 3 aliphatic heterocycles. The van der Waals surface area contributed by atoms with Crippen LogP contribution in [0.25, 0.3) is 0 Å². The number of rotatable bonds is 10. The second-order valence-electron chi connectivity index (χ2n) is 11.8. The maximum atomic E-state index is 14.9. The van der Waals surface area contributed by atoms with Crippen molar-refractivity contribution in [2.45, 2.75) is 63.1 Å². The fraction of sp³-hybridized carbons (Fsp3) is 0.581. The van der Waals surface area contributed by atoms with Gasteiger partial charge in [0.2, 0.25) is 11.8 Å². The van der Waals surface area contributed by atoms with Crippen LogP contribution in [-0.2, 0) is 14.4 Å². The van der Waals surface area contributed by atoms with Gasteiger partial charge in [-0.3, -0.25) is 14.4 Å². The first-order chi connectivity index (χ1) is 18.5. The Labute approximate surface area is 237 Å². The maximum absolute atomic E-state index is 14.9. The Balaban J connectivity index is 1.90. The summed E-state index contributed by atoms with van der Waals surface area (Å²) in [4.78, 5) is 48.2. The second kappa shape index (κ2) is 11.1. The molecule has 212 valence electrons. The lowest BCUT2D eigenvalue weighted by Crippen LogP contribution is -2.60. The number of hydrogen-bond acceptors (Lipinski definition) is 5. The fourth-order valence-corrected chi connectivity index (χ4v) is 9.73. The highest BCUT2D eigenvalue weighted by molar-refractivity contribution is 8.02. The van der Waals surface area contributed by atoms with Gasteiger partial charge >= 0.3 is 0 Å². The van der Waals surface area contributed by atoms with Crippen LogP contribution in [0.3, 0.4) is 0 Å². The topological polar surface area (TPSA) is 81.2 Å². The molecule has 3 amide bonds. The fourth-order valence-electron chi connectivity index (χ4n) is 7.34. The molecule has 3 unspecified atom stereocenters. The quantitative estimate of drug-likeness (QED) is 0.446. The lowest BCUT2D eigenvalue weighted by Gasteiger charge is -2.43. The van der Waals surface area contributed by atoms with Crippen LogP contribution in [-0.4, -0.2) is 81.5 Å². The number of nitrogens with zero attached hydrogens (tertiary/aromatic N) is 3. The molecule has 3 aliphatic rings. The molecule has 1 spiro atoms. The van der Waals surface area contributed by atoms with Crippen molar-refractivity contribution in [2.75, 3.05) is 31.6 Å². The SMILES string of the molecule is C=CCN(C)C(=O)[C@@H]1[C@@H]2CC(C)C3(S2)C(C(=O)N(CC=C)c2c(C)cccc2C)N([C@@H](CO)C(C)C)C(=O)[C@H]13. The van der Waals surface area contributed by atoms with Crippen LogP contribution >= 0.6 is 11.8 Å². The minimum absolute atomic E-state index is 0.0363. The minimum Gasteiger partial charge on any atom is -0.394 e. The molecule has 1 N–H and O–H groups in total. The molecule has 0 radical (unpaired) electrons. The van der Waals surface area contributed by atoms with Gasteiger partial charge in [0, 0.05) is 31.1 Å². The number of aliphatic hydroxyl groups is 1. The van der Waals surface area contributed by atoms with Crippen molar-refractivity contribution in [1.29, 1.82) is 0 Å². The van der Waals surface area contributed by atoms with Crippen molar-refractivity contribution in [3.05, 3.63) is 54.6 Å². The normalized spacial score (nSPS) is 29.9. The van der Waals surface area contributed by atoms with E-state index >= 15 is 0 Å². The highest BCUT2D eigenvalue weighted by Gasteiger charge is 2.77. The van der Waals surface area contributed by atoms with Crippen molar-refractivity contribution in [3.63, 3.8) is 0 Å². The number of fused-ring (bicyclic) bond motifs is 1. The highest BCUT2D eigenvalue weighted by atomic mass is 32.2. The van der Waals surface area contributed by atoms with Crippen molar-refractivity contribution in [2.24, 2.45) is 23.7 Å². The Morgan fingerprint density at radius 2 is 1.79 bits per heavy atom. The van der Waals surface area contributed by atoms with Crippen molar-refractivity contribution in [3.8, 4) is 0 Å². The summed E-state index contributed by atoms with van der Waals surface area (Å²) in [7, 11) is 1.74. The zero-order valence-corrected chi connectivity index (χ0v) is 24.9. The number of anilines is 1. The van der Waals surface area contributed by atoms with Gasteiger partial charge in [-0.25, -0.2) is 0 Å². The molecule has 7 atom stereocenters. The van der Waals surface area contributed by atoms with E-state index < -0.39 is 28.7 Å². The average molecular weight is 554 g/mol. The molecule has 0 aliphatic carbocycles. The molecule has 0 aromatic heterocycles. The predicted molar refractivity (Wildman–Crippen MR) is 158 cm³/mol. The number of aliphatic hydroxyl groups excluding tert-OH is 1. The van der Waals surface area contributed by atoms with Gasteiger partial charge in [0.15, 0.2) is 0 Å². The van der Waals surface area contributed by atoms with Crippen LogP contribution in [0, 0.1) is 37.5 Å². The number of hydrogen-bond donors (Lipinski definition) is 1. The first-order valence-electron chi connectivity index (χ1n) is 13.9. The zero-order valence-electron chi connectivity index (χ0n) is 24.1. The number of thioether (sulfide) groups is 1. The molecule has 39 heavy (non-hydrogen) atoms. The van der Waals surface area contributed by atoms with Gasteiger partial charge in [-0.1, -0.05) is 51.1 Å². The van der Waals surface area contributed by atoms with Crippen LogP contribution in [0.2, 0.25) is 0 Å². The van der Waals surface area contributed by atoms with E-state index in [2.05, 4.69) is 20.1 Å². The van der Waals surface area contributed by atoms with Crippen molar-refractivity contribution >= 4 is 35.2 Å². The summed E-state index contributed by atoms with van der Waals surface area (Å²) in [6.45, 7) is 18.1. The van der Waals surface area contributed by atoms with Crippen molar-refractivity contribution < 1.29 is 19.5 Å². The summed E-state index contributed by atoms with van der Waals surface area (Å²) >= 11 is 1.66. The van der Waals surface area contributed by atoms with Crippen LogP contribution < -0.4 is 4.90 Å². The number of aryl methyl sites for hydroxylation is 2.